The molecule has 7 heteroatoms. The molecule has 0 fully saturated rings. The van der Waals surface area contributed by atoms with E-state index in [1.807, 2.05) is 20.8 Å². The SMILES string of the molecule is CC(C)(C)C(=O)Nc1cnc2[nH]cc(C(=O)NCc3ccc(F)cc3)c2c1. The summed E-state index contributed by atoms with van der Waals surface area (Å²) >= 11 is 0. The van der Waals surface area contributed by atoms with Gasteiger partial charge in [0.2, 0.25) is 5.91 Å². The quantitative estimate of drug-likeness (QED) is 0.657. The predicted octanol–water partition coefficient (Wildman–Crippen LogP) is 3.62. The molecule has 2 aromatic heterocycles. The molecule has 0 aliphatic carbocycles. The van der Waals surface area contributed by atoms with E-state index in [1.165, 1.54) is 12.1 Å². The lowest BCUT2D eigenvalue weighted by Gasteiger charge is -2.17. The first-order chi connectivity index (χ1) is 12.7. The number of aromatic nitrogens is 2. The summed E-state index contributed by atoms with van der Waals surface area (Å²) in [7, 11) is 0. The van der Waals surface area contributed by atoms with Crippen molar-refractivity contribution in [1.82, 2.24) is 15.3 Å². The summed E-state index contributed by atoms with van der Waals surface area (Å²) in [5, 5.41) is 6.22. The number of H-pyrrole nitrogens is 1. The Balaban J connectivity index is 1.77. The molecule has 0 aliphatic heterocycles. The van der Waals surface area contributed by atoms with Crippen LogP contribution in [0.4, 0.5) is 10.1 Å². The Labute approximate surface area is 156 Å². The van der Waals surface area contributed by atoms with Crippen LogP contribution in [-0.4, -0.2) is 21.8 Å². The van der Waals surface area contributed by atoms with Gasteiger partial charge in [-0.25, -0.2) is 9.37 Å². The van der Waals surface area contributed by atoms with Crippen molar-refractivity contribution >= 4 is 28.5 Å². The van der Waals surface area contributed by atoms with Crippen LogP contribution in [0.25, 0.3) is 11.0 Å². The van der Waals surface area contributed by atoms with Gasteiger partial charge in [0.15, 0.2) is 0 Å². The molecule has 3 N–H and O–H groups in total. The van der Waals surface area contributed by atoms with E-state index in [-0.39, 0.29) is 24.2 Å². The van der Waals surface area contributed by atoms with Crippen molar-refractivity contribution in [3.63, 3.8) is 0 Å². The Kier molecular flexibility index (Phi) is 4.94. The minimum absolute atomic E-state index is 0.138. The van der Waals surface area contributed by atoms with E-state index in [4.69, 9.17) is 0 Å². The zero-order chi connectivity index (χ0) is 19.6. The topological polar surface area (TPSA) is 86.9 Å². The third kappa shape index (κ3) is 4.31. The second kappa shape index (κ2) is 7.19. The normalized spacial score (nSPS) is 11.4. The Morgan fingerprint density at radius 1 is 1.19 bits per heavy atom. The summed E-state index contributed by atoms with van der Waals surface area (Å²) in [6.07, 6.45) is 3.12. The number of hydrogen-bond donors (Lipinski definition) is 3. The van der Waals surface area contributed by atoms with Crippen molar-refractivity contribution in [2.75, 3.05) is 5.32 Å². The Bertz CT molecular complexity index is 987. The summed E-state index contributed by atoms with van der Waals surface area (Å²) in [6.45, 7) is 5.73. The number of carbonyl (C=O) groups is 2. The van der Waals surface area contributed by atoms with Crippen LogP contribution in [-0.2, 0) is 11.3 Å². The Morgan fingerprint density at radius 2 is 1.89 bits per heavy atom. The first-order valence-corrected chi connectivity index (χ1v) is 8.55. The van der Waals surface area contributed by atoms with Gasteiger partial charge in [0.25, 0.3) is 5.91 Å². The number of fused-ring (bicyclic) bond motifs is 1. The van der Waals surface area contributed by atoms with Gasteiger partial charge < -0.3 is 15.6 Å². The van der Waals surface area contributed by atoms with Gasteiger partial charge in [-0.2, -0.15) is 0 Å². The monoisotopic (exact) mass is 368 g/mol. The number of hydrogen-bond acceptors (Lipinski definition) is 3. The smallest absolute Gasteiger partial charge is 0.253 e. The maximum atomic E-state index is 13.0. The van der Waals surface area contributed by atoms with Crippen LogP contribution >= 0.6 is 0 Å². The van der Waals surface area contributed by atoms with Crippen LogP contribution in [0.15, 0.2) is 42.7 Å². The fourth-order valence-corrected chi connectivity index (χ4v) is 2.46. The molecular formula is C20H21FN4O2. The first kappa shape index (κ1) is 18.6. The average Bonchev–Trinajstić information content (AvgIpc) is 3.03. The van der Waals surface area contributed by atoms with Crippen molar-refractivity contribution in [3.05, 3.63) is 59.7 Å². The number of nitrogens with zero attached hydrogens (tertiary/aromatic N) is 1. The summed E-state index contributed by atoms with van der Waals surface area (Å²) in [5.74, 6) is -0.745. The highest BCUT2D eigenvalue weighted by molar-refractivity contribution is 6.07. The lowest BCUT2D eigenvalue weighted by Crippen LogP contribution is -2.27. The minimum atomic E-state index is -0.539. The molecule has 0 bridgehead atoms. The zero-order valence-corrected chi connectivity index (χ0v) is 15.4. The molecule has 2 heterocycles. The van der Waals surface area contributed by atoms with Crippen LogP contribution in [0, 0.1) is 11.2 Å². The first-order valence-electron chi connectivity index (χ1n) is 8.55. The lowest BCUT2D eigenvalue weighted by atomic mass is 9.95. The van der Waals surface area contributed by atoms with Crippen molar-refractivity contribution in [3.8, 4) is 0 Å². The molecule has 0 aliphatic rings. The number of amides is 2. The molecule has 0 saturated heterocycles. The number of pyridine rings is 1. The molecule has 3 aromatic rings. The highest BCUT2D eigenvalue weighted by Crippen LogP contribution is 2.22. The Hall–Kier alpha value is -3.22. The molecule has 1 aromatic carbocycles. The third-order valence-electron chi connectivity index (χ3n) is 4.08. The van der Waals surface area contributed by atoms with E-state index >= 15 is 0 Å². The number of rotatable bonds is 4. The van der Waals surface area contributed by atoms with Crippen LogP contribution in [0.3, 0.4) is 0 Å². The van der Waals surface area contributed by atoms with Gasteiger partial charge in [-0.3, -0.25) is 9.59 Å². The second-order valence-electron chi connectivity index (χ2n) is 7.34. The van der Waals surface area contributed by atoms with E-state index in [0.717, 1.165) is 5.56 Å². The van der Waals surface area contributed by atoms with Crippen molar-refractivity contribution in [2.45, 2.75) is 27.3 Å². The molecule has 0 atom stereocenters. The summed E-state index contributed by atoms with van der Waals surface area (Å²) in [6, 6.07) is 7.65. The van der Waals surface area contributed by atoms with Gasteiger partial charge in [0.05, 0.1) is 17.4 Å². The fourth-order valence-electron chi connectivity index (χ4n) is 2.46. The van der Waals surface area contributed by atoms with E-state index in [2.05, 4.69) is 20.6 Å². The highest BCUT2D eigenvalue weighted by atomic mass is 19.1. The van der Waals surface area contributed by atoms with Gasteiger partial charge >= 0.3 is 0 Å². The fraction of sp³-hybridized carbons (Fsp3) is 0.250. The molecule has 0 unspecified atom stereocenters. The molecule has 0 radical (unpaired) electrons. The van der Waals surface area contributed by atoms with E-state index in [0.29, 0.717) is 22.3 Å². The van der Waals surface area contributed by atoms with Gasteiger partial charge in [-0.05, 0) is 23.8 Å². The third-order valence-corrected chi connectivity index (χ3v) is 4.08. The van der Waals surface area contributed by atoms with Crippen LogP contribution < -0.4 is 10.6 Å². The number of halogens is 1. The predicted molar refractivity (Wildman–Crippen MR) is 102 cm³/mol. The molecule has 27 heavy (non-hydrogen) atoms. The number of aromatic amines is 1. The van der Waals surface area contributed by atoms with Crippen LogP contribution in [0.1, 0.15) is 36.7 Å². The maximum absolute atomic E-state index is 13.0. The molecule has 0 saturated carbocycles. The van der Waals surface area contributed by atoms with Crippen LogP contribution in [0.5, 0.6) is 0 Å². The van der Waals surface area contributed by atoms with E-state index in [1.54, 1.807) is 30.6 Å². The van der Waals surface area contributed by atoms with Crippen LogP contribution in [0.2, 0.25) is 0 Å². The zero-order valence-electron chi connectivity index (χ0n) is 15.4. The van der Waals surface area contributed by atoms with Crippen molar-refractivity contribution in [2.24, 2.45) is 5.41 Å². The van der Waals surface area contributed by atoms with Gasteiger partial charge in [0.1, 0.15) is 11.5 Å². The molecule has 2 amide bonds. The summed E-state index contributed by atoms with van der Waals surface area (Å²) < 4.78 is 13.0. The van der Waals surface area contributed by atoms with Crippen molar-refractivity contribution < 1.29 is 14.0 Å². The molecule has 140 valence electrons. The molecule has 0 spiro atoms. The lowest BCUT2D eigenvalue weighted by molar-refractivity contribution is -0.123. The van der Waals surface area contributed by atoms with Gasteiger partial charge in [-0.15, -0.1) is 0 Å². The standard InChI is InChI=1S/C20H21FN4O2/c1-20(2,3)19(27)25-14-8-15-16(11-23-17(15)22-10-14)18(26)24-9-12-4-6-13(21)7-5-12/h4-8,10-11H,9H2,1-3H3,(H,22,23)(H,24,26)(H,25,27). The van der Waals surface area contributed by atoms with Gasteiger partial charge in [0, 0.05) is 23.5 Å². The van der Waals surface area contributed by atoms with Crippen molar-refractivity contribution in [1.29, 1.82) is 0 Å². The maximum Gasteiger partial charge on any atom is 0.253 e. The van der Waals surface area contributed by atoms with E-state index < -0.39 is 5.41 Å². The minimum Gasteiger partial charge on any atom is -0.348 e. The Morgan fingerprint density at radius 3 is 2.56 bits per heavy atom. The van der Waals surface area contributed by atoms with Gasteiger partial charge in [-0.1, -0.05) is 32.9 Å². The molecule has 6 nitrogen and oxygen atoms in total. The molecule has 3 rings (SSSR count). The number of benzene rings is 1. The highest BCUT2D eigenvalue weighted by Gasteiger charge is 2.22. The average molecular weight is 368 g/mol. The number of nitrogens with one attached hydrogen (secondary N) is 3. The molecular weight excluding hydrogens is 347 g/mol. The summed E-state index contributed by atoms with van der Waals surface area (Å²) in [5.41, 5.74) is 1.75. The largest absolute Gasteiger partial charge is 0.348 e. The second-order valence-corrected chi connectivity index (χ2v) is 7.34. The number of anilines is 1. The summed E-state index contributed by atoms with van der Waals surface area (Å²) in [4.78, 5) is 31.9. The van der Waals surface area contributed by atoms with E-state index in [9.17, 15) is 14.0 Å². The number of carbonyl (C=O) groups excluding carboxylic acids is 2.